The lowest BCUT2D eigenvalue weighted by molar-refractivity contribution is 0.408. The average Bonchev–Trinajstić information content (AvgIpc) is 2.47. The highest BCUT2D eigenvalue weighted by Crippen LogP contribution is 2.34. The summed E-state index contributed by atoms with van der Waals surface area (Å²) < 4.78 is 11.2. The van der Waals surface area contributed by atoms with Gasteiger partial charge in [-0.15, -0.1) is 11.8 Å². The van der Waals surface area contributed by atoms with E-state index in [9.17, 15) is 0 Å². The third-order valence-corrected chi connectivity index (χ3v) is 3.74. The lowest BCUT2D eigenvalue weighted by Crippen LogP contribution is -2.10. The fourth-order valence-electron chi connectivity index (χ4n) is 1.74. The molecule has 0 saturated carbocycles. The van der Waals surface area contributed by atoms with Gasteiger partial charge in [-0.3, -0.25) is 0 Å². The monoisotopic (exact) mass is 305 g/mol. The molecule has 0 saturated heterocycles. The summed E-state index contributed by atoms with van der Waals surface area (Å²) in [7, 11) is 1.61. The summed E-state index contributed by atoms with van der Waals surface area (Å²) in [6.07, 6.45) is 2.00. The van der Waals surface area contributed by atoms with Crippen LogP contribution in [0.25, 0.3) is 0 Å². The summed E-state index contributed by atoms with van der Waals surface area (Å²) in [5, 5.41) is 0. The number of thioether (sulfide) groups is 1. The quantitative estimate of drug-likeness (QED) is 0.671. The predicted molar refractivity (Wildman–Crippen MR) is 87.2 cm³/mol. The van der Waals surface area contributed by atoms with E-state index in [4.69, 9.17) is 27.4 Å². The molecule has 0 unspecified atom stereocenters. The molecule has 2 aromatic carbocycles. The molecular weight excluding hydrogens is 290 g/mol. The summed E-state index contributed by atoms with van der Waals surface area (Å²) in [5.41, 5.74) is 6.43. The van der Waals surface area contributed by atoms with Gasteiger partial charge in [0, 0.05) is 11.0 Å². The summed E-state index contributed by atoms with van der Waals surface area (Å²) in [5.74, 6) is 2.06. The zero-order valence-electron chi connectivity index (χ0n) is 11.3. The van der Waals surface area contributed by atoms with Gasteiger partial charge in [-0.2, -0.15) is 0 Å². The maximum Gasteiger partial charge on any atom is 0.141 e. The molecule has 5 heteroatoms. The third kappa shape index (κ3) is 3.23. The van der Waals surface area contributed by atoms with Crippen LogP contribution in [-0.2, 0) is 0 Å². The van der Waals surface area contributed by atoms with Gasteiger partial charge >= 0.3 is 0 Å². The van der Waals surface area contributed by atoms with Crippen LogP contribution in [0.15, 0.2) is 47.4 Å². The fraction of sp³-hybridized carbons (Fsp3) is 0.133. The Labute approximate surface area is 128 Å². The lowest BCUT2D eigenvalue weighted by Gasteiger charge is -2.13. The van der Waals surface area contributed by atoms with Crippen LogP contribution in [0, 0.1) is 0 Å². The smallest absolute Gasteiger partial charge is 0.141 e. The zero-order valence-corrected chi connectivity index (χ0v) is 12.9. The zero-order chi connectivity index (χ0) is 14.5. The largest absolute Gasteiger partial charge is 0.497 e. The molecule has 104 valence electrons. The number of hydrogen-bond donors (Lipinski definition) is 1. The third-order valence-electron chi connectivity index (χ3n) is 2.74. The van der Waals surface area contributed by atoms with E-state index >= 15 is 0 Å². The van der Waals surface area contributed by atoms with Crippen molar-refractivity contribution < 1.29 is 9.47 Å². The van der Waals surface area contributed by atoms with E-state index in [1.807, 2.05) is 36.6 Å². The second kappa shape index (κ2) is 6.63. The number of methoxy groups -OCH3 is 1. The van der Waals surface area contributed by atoms with Crippen molar-refractivity contribution in [2.24, 2.45) is 5.73 Å². The first-order valence-corrected chi connectivity index (χ1v) is 7.57. The van der Waals surface area contributed by atoms with Crippen LogP contribution in [0.4, 0.5) is 0 Å². The Hall–Kier alpha value is -1.72. The minimum atomic E-state index is 0.296. The molecule has 0 aromatic heterocycles. The molecule has 0 spiro atoms. The Morgan fingerprint density at radius 1 is 1.15 bits per heavy atom. The molecule has 0 aliphatic carbocycles. The van der Waals surface area contributed by atoms with Gasteiger partial charge in [-0.25, -0.2) is 0 Å². The number of ether oxygens (including phenoxy) is 2. The molecule has 0 aliphatic heterocycles. The van der Waals surface area contributed by atoms with Crippen LogP contribution in [0.1, 0.15) is 5.56 Å². The van der Waals surface area contributed by atoms with Gasteiger partial charge in [0.1, 0.15) is 22.2 Å². The van der Waals surface area contributed by atoms with Crippen LogP contribution >= 0.6 is 24.0 Å². The first-order chi connectivity index (χ1) is 9.65. The SMILES string of the molecule is COc1ccc(C(N)=S)c(Oc2ccccc2SC)c1. The molecule has 0 atom stereocenters. The first-order valence-electron chi connectivity index (χ1n) is 5.94. The van der Waals surface area contributed by atoms with Gasteiger partial charge in [0.05, 0.1) is 12.7 Å². The van der Waals surface area contributed by atoms with Crippen molar-refractivity contribution in [3.63, 3.8) is 0 Å². The minimum Gasteiger partial charge on any atom is -0.497 e. The Morgan fingerprint density at radius 3 is 2.55 bits per heavy atom. The summed E-state index contributed by atoms with van der Waals surface area (Å²) in [4.78, 5) is 1.34. The van der Waals surface area contributed by atoms with E-state index in [2.05, 4.69) is 0 Å². The Balaban J connectivity index is 2.43. The topological polar surface area (TPSA) is 44.5 Å². The molecule has 3 nitrogen and oxygen atoms in total. The van der Waals surface area contributed by atoms with Crippen LogP contribution in [0.3, 0.4) is 0 Å². The van der Waals surface area contributed by atoms with Gasteiger partial charge in [0.2, 0.25) is 0 Å². The van der Waals surface area contributed by atoms with Gasteiger partial charge < -0.3 is 15.2 Å². The van der Waals surface area contributed by atoms with E-state index in [-0.39, 0.29) is 0 Å². The molecule has 0 heterocycles. The highest BCUT2D eigenvalue weighted by molar-refractivity contribution is 7.98. The average molecular weight is 305 g/mol. The van der Waals surface area contributed by atoms with Crippen molar-refractivity contribution in [1.29, 1.82) is 0 Å². The summed E-state index contributed by atoms with van der Waals surface area (Å²) in [6.45, 7) is 0. The van der Waals surface area contributed by atoms with Crippen molar-refractivity contribution >= 4 is 29.0 Å². The van der Waals surface area contributed by atoms with Crippen molar-refractivity contribution in [2.75, 3.05) is 13.4 Å². The second-order valence-corrected chi connectivity index (χ2v) is 5.27. The van der Waals surface area contributed by atoms with Gasteiger partial charge in [0.15, 0.2) is 0 Å². The molecule has 0 radical (unpaired) electrons. The molecule has 0 fully saturated rings. The maximum absolute atomic E-state index is 5.97. The van der Waals surface area contributed by atoms with Crippen molar-refractivity contribution in [3.05, 3.63) is 48.0 Å². The van der Waals surface area contributed by atoms with Crippen molar-refractivity contribution in [2.45, 2.75) is 4.90 Å². The predicted octanol–water partition coefficient (Wildman–Crippen LogP) is 3.84. The standard InChI is InChI=1S/C15H15NO2S2/c1-17-10-7-8-11(15(16)19)13(9-10)18-12-5-3-4-6-14(12)20-2/h3-9H,1-2H3,(H2,16,19). The van der Waals surface area contributed by atoms with Gasteiger partial charge in [0.25, 0.3) is 0 Å². The van der Waals surface area contributed by atoms with Crippen LogP contribution < -0.4 is 15.2 Å². The van der Waals surface area contributed by atoms with Crippen LogP contribution in [-0.4, -0.2) is 18.4 Å². The van der Waals surface area contributed by atoms with E-state index in [0.29, 0.717) is 22.1 Å². The highest BCUT2D eigenvalue weighted by atomic mass is 32.2. The maximum atomic E-state index is 5.97. The van der Waals surface area contributed by atoms with E-state index < -0.39 is 0 Å². The van der Waals surface area contributed by atoms with Crippen molar-refractivity contribution in [1.82, 2.24) is 0 Å². The minimum absolute atomic E-state index is 0.296. The normalized spacial score (nSPS) is 10.1. The summed E-state index contributed by atoms with van der Waals surface area (Å²) >= 11 is 6.68. The second-order valence-electron chi connectivity index (χ2n) is 3.98. The number of nitrogens with two attached hydrogens (primary N) is 1. The highest BCUT2D eigenvalue weighted by Gasteiger charge is 2.11. The van der Waals surface area contributed by atoms with Crippen LogP contribution in [0.2, 0.25) is 0 Å². The molecule has 2 aromatic rings. The van der Waals surface area contributed by atoms with Crippen molar-refractivity contribution in [3.8, 4) is 17.2 Å². The Morgan fingerprint density at radius 2 is 1.90 bits per heavy atom. The number of rotatable bonds is 5. The fourth-order valence-corrected chi connectivity index (χ4v) is 2.43. The lowest BCUT2D eigenvalue weighted by atomic mass is 10.2. The van der Waals surface area contributed by atoms with E-state index in [1.165, 1.54) is 0 Å². The molecule has 0 aliphatic rings. The van der Waals surface area contributed by atoms with Gasteiger partial charge in [-0.1, -0.05) is 24.4 Å². The molecule has 2 N–H and O–H groups in total. The molecular formula is C15H15NO2S2. The van der Waals surface area contributed by atoms with Crippen LogP contribution in [0.5, 0.6) is 17.2 Å². The number of thiocarbonyl (C=S) groups is 1. The molecule has 0 bridgehead atoms. The number of hydrogen-bond acceptors (Lipinski definition) is 4. The number of para-hydroxylation sites is 1. The van der Waals surface area contributed by atoms with Gasteiger partial charge in [-0.05, 0) is 30.5 Å². The number of benzene rings is 2. The summed E-state index contributed by atoms with van der Waals surface area (Å²) in [6, 6.07) is 13.2. The van der Waals surface area contributed by atoms with E-state index in [0.717, 1.165) is 10.6 Å². The molecule has 2 rings (SSSR count). The molecule has 20 heavy (non-hydrogen) atoms. The van der Waals surface area contributed by atoms with E-state index in [1.54, 1.807) is 31.0 Å². The Kier molecular flexibility index (Phi) is 4.87. The first kappa shape index (κ1) is 14.7. The molecule has 0 amide bonds. The Bertz CT molecular complexity index is 629.